The number of aromatic nitrogens is 1. The van der Waals surface area contributed by atoms with Crippen LogP contribution in [0.25, 0.3) is 0 Å². The molecule has 2 aliphatic rings. The van der Waals surface area contributed by atoms with Gasteiger partial charge in [0.2, 0.25) is 0 Å². The van der Waals surface area contributed by atoms with Gasteiger partial charge in [-0.15, -0.1) is 0 Å². The molecule has 3 heterocycles. The first-order valence-electron chi connectivity index (χ1n) is 7.42. The maximum Gasteiger partial charge on any atom is 0.0824 e. The van der Waals surface area contributed by atoms with Gasteiger partial charge in [-0.05, 0) is 36.3 Å². The van der Waals surface area contributed by atoms with Crippen LogP contribution in [-0.2, 0) is 11.3 Å². The van der Waals surface area contributed by atoms with Crippen molar-refractivity contribution in [2.24, 2.45) is 11.8 Å². The Morgan fingerprint density at radius 3 is 3.11 bits per heavy atom. The van der Waals surface area contributed by atoms with Crippen LogP contribution in [0.1, 0.15) is 32.3 Å². The van der Waals surface area contributed by atoms with Crippen molar-refractivity contribution in [3.8, 4) is 0 Å². The standard InChI is InChI=1S/C16H24N2O/c1-13(2)15-8-16(19-11-15)5-7-18(12-16)10-14-4-3-6-17-9-14/h3-4,6,9,13,15H,5,7-8,10-12H2,1-2H3/t15-,16-/m0/s1. The summed E-state index contributed by atoms with van der Waals surface area (Å²) >= 11 is 0. The lowest BCUT2D eigenvalue weighted by molar-refractivity contribution is 0.0106. The van der Waals surface area contributed by atoms with E-state index in [1.165, 1.54) is 18.4 Å². The van der Waals surface area contributed by atoms with Crippen LogP contribution in [0.4, 0.5) is 0 Å². The van der Waals surface area contributed by atoms with Crippen molar-refractivity contribution in [3.63, 3.8) is 0 Å². The van der Waals surface area contributed by atoms with Gasteiger partial charge in [-0.1, -0.05) is 19.9 Å². The largest absolute Gasteiger partial charge is 0.373 e. The van der Waals surface area contributed by atoms with Crippen molar-refractivity contribution in [1.82, 2.24) is 9.88 Å². The maximum absolute atomic E-state index is 6.19. The predicted octanol–water partition coefficient (Wildman–Crippen LogP) is 2.72. The van der Waals surface area contributed by atoms with Crippen LogP contribution in [0.2, 0.25) is 0 Å². The van der Waals surface area contributed by atoms with Crippen LogP contribution in [0.5, 0.6) is 0 Å². The van der Waals surface area contributed by atoms with Crippen molar-refractivity contribution in [1.29, 1.82) is 0 Å². The number of hydrogen-bond donors (Lipinski definition) is 0. The summed E-state index contributed by atoms with van der Waals surface area (Å²) in [6, 6.07) is 4.17. The molecule has 3 heteroatoms. The van der Waals surface area contributed by atoms with E-state index in [1.807, 2.05) is 18.5 Å². The van der Waals surface area contributed by atoms with Gasteiger partial charge in [-0.2, -0.15) is 0 Å². The number of pyridine rings is 1. The molecule has 0 aromatic carbocycles. The van der Waals surface area contributed by atoms with Crippen LogP contribution in [0.15, 0.2) is 24.5 Å². The lowest BCUT2D eigenvalue weighted by atomic mass is 9.87. The Labute approximate surface area is 116 Å². The van der Waals surface area contributed by atoms with Crippen LogP contribution < -0.4 is 0 Å². The Hall–Kier alpha value is -0.930. The van der Waals surface area contributed by atoms with Gasteiger partial charge in [0, 0.05) is 32.0 Å². The van der Waals surface area contributed by atoms with E-state index in [9.17, 15) is 0 Å². The van der Waals surface area contributed by atoms with E-state index in [2.05, 4.69) is 29.8 Å². The van der Waals surface area contributed by atoms with Gasteiger partial charge in [0.1, 0.15) is 0 Å². The molecule has 0 N–H and O–H groups in total. The number of nitrogens with zero attached hydrogens (tertiary/aromatic N) is 2. The Balaban J connectivity index is 1.59. The molecular formula is C16H24N2O. The Bertz CT molecular complexity index is 420. The highest BCUT2D eigenvalue weighted by Crippen LogP contribution is 2.40. The fraction of sp³-hybridized carbons (Fsp3) is 0.688. The molecule has 0 unspecified atom stereocenters. The van der Waals surface area contributed by atoms with Crippen molar-refractivity contribution in [2.45, 2.75) is 38.8 Å². The van der Waals surface area contributed by atoms with Crippen molar-refractivity contribution >= 4 is 0 Å². The molecule has 0 saturated carbocycles. The summed E-state index contributed by atoms with van der Waals surface area (Å²) in [6.45, 7) is 8.83. The van der Waals surface area contributed by atoms with Crippen molar-refractivity contribution in [2.75, 3.05) is 19.7 Å². The first-order valence-corrected chi connectivity index (χ1v) is 7.42. The lowest BCUT2D eigenvalue weighted by Gasteiger charge is -2.24. The second kappa shape index (κ2) is 5.22. The zero-order valence-electron chi connectivity index (χ0n) is 12.0. The second-order valence-corrected chi connectivity index (χ2v) is 6.52. The molecule has 3 rings (SSSR count). The third kappa shape index (κ3) is 2.82. The number of ether oxygens (including phenoxy) is 1. The van der Waals surface area contributed by atoms with Crippen molar-refractivity contribution < 1.29 is 4.74 Å². The van der Waals surface area contributed by atoms with E-state index in [0.29, 0.717) is 0 Å². The highest BCUT2D eigenvalue weighted by Gasteiger charge is 2.45. The smallest absolute Gasteiger partial charge is 0.0824 e. The molecular weight excluding hydrogens is 236 g/mol. The number of likely N-dealkylation sites (tertiary alicyclic amines) is 1. The van der Waals surface area contributed by atoms with Crippen LogP contribution in [-0.4, -0.2) is 35.2 Å². The fourth-order valence-electron chi connectivity index (χ4n) is 3.40. The first-order chi connectivity index (χ1) is 9.17. The third-order valence-corrected chi connectivity index (χ3v) is 4.70. The molecule has 2 aliphatic heterocycles. The average Bonchev–Trinajstić information content (AvgIpc) is 2.99. The minimum atomic E-state index is 0.150. The monoisotopic (exact) mass is 260 g/mol. The van der Waals surface area contributed by atoms with E-state index in [0.717, 1.165) is 38.1 Å². The van der Waals surface area contributed by atoms with Crippen molar-refractivity contribution in [3.05, 3.63) is 30.1 Å². The van der Waals surface area contributed by atoms with Gasteiger partial charge in [0.15, 0.2) is 0 Å². The van der Waals surface area contributed by atoms with Crippen LogP contribution >= 0.6 is 0 Å². The fourth-order valence-corrected chi connectivity index (χ4v) is 3.40. The molecule has 19 heavy (non-hydrogen) atoms. The Morgan fingerprint density at radius 2 is 2.42 bits per heavy atom. The van der Waals surface area contributed by atoms with E-state index in [1.54, 1.807) is 0 Å². The summed E-state index contributed by atoms with van der Waals surface area (Å²) in [7, 11) is 0. The van der Waals surface area contributed by atoms with Gasteiger partial charge in [-0.25, -0.2) is 0 Å². The minimum absolute atomic E-state index is 0.150. The summed E-state index contributed by atoms with van der Waals surface area (Å²) < 4.78 is 6.19. The summed E-state index contributed by atoms with van der Waals surface area (Å²) in [5.41, 5.74) is 1.45. The molecule has 3 nitrogen and oxygen atoms in total. The summed E-state index contributed by atoms with van der Waals surface area (Å²) in [5, 5.41) is 0. The van der Waals surface area contributed by atoms with Crippen LogP contribution in [0.3, 0.4) is 0 Å². The summed E-state index contributed by atoms with van der Waals surface area (Å²) in [4.78, 5) is 6.71. The van der Waals surface area contributed by atoms with Gasteiger partial charge in [0.25, 0.3) is 0 Å². The molecule has 2 fully saturated rings. The highest BCUT2D eigenvalue weighted by atomic mass is 16.5. The SMILES string of the molecule is CC(C)[C@@H]1CO[C@@]2(CCN(Cc3cccnc3)C2)C1. The lowest BCUT2D eigenvalue weighted by Crippen LogP contribution is -2.32. The summed E-state index contributed by atoms with van der Waals surface area (Å²) in [6.07, 6.45) is 6.24. The molecule has 0 amide bonds. The molecule has 1 aromatic rings. The zero-order valence-corrected chi connectivity index (χ0v) is 12.0. The van der Waals surface area contributed by atoms with Gasteiger partial charge in [-0.3, -0.25) is 9.88 Å². The quantitative estimate of drug-likeness (QED) is 0.835. The molecule has 1 aromatic heterocycles. The predicted molar refractivity (Wildman–Crippen MR) is 75.8 cm³/mol. The van der Waals surface area contributed by atoms with E-state index in [4.69, 9.17) is 4.74 Å². The topological polar surface area (TPSA) is 25.4 Å². The molecule has 2 saturated heterocycles. The van der Waals surface area contributed by atoms with E-state index in [-0.39, 0.29) is 5.60 Å². The highest BCUT2D eigenvalue weighted by molar-refractivity contribution is 5.09. The zero-order chi connectivity index (χ0) is 13.3. The van der Waals surface area contributed by atoms with Gasteiger partial charge in [0.05, 0.1) is 12.2 Å². The molecule has 0 bridgehead atoms. The van der Waals surface area contributed by atoms with Gasteiger partial charge >= 0.3 is 0 Å². The normalized spacial score (nSPS) is 31.6. The number of rotatable bonds is 3. The average molecular weight is 260 g/mol. The first kappa shape index (κ1) is 13.1. The molecule has 0 aliphatic carbocycles. The van der Waals surface area contributed by atoms with E-state index >= 15 is 0 Å². The summed E-state index contributed by atoms with van der Waals surface area (Å²) in [5.74, 6) is 1.49. The Morgan fingerprint density at radius 1 is 1.53 bits per heavy atom. The molecule has 0 radical (unpaired) electrons. The molecule has 1 spiro atoms. The molecule has 104 valence electrons. The van der Waals surface area contributed by atoms with E-state index < -0.39 is 0 Å². The Kier molecular flexibility index (Phi) is 3.59. The third-order valence-electron chi connectivity index (χ3n) is 4.70. The van der Waals surface area contributed by atoms with Gasteiger partial charge < -0.3 is 4.74 Å². The maximum atomic E-state index is 6.19. The number of hydrogen-bond acceptors (Lipinski definition) is 3. The second-order valence-electron chi connectivity index (χ2n) is 6.52. The molecule has 2 atom stereocenters. The van der Waals surface area contributed by atoms with Crippen LogP contribution in [0, 0.1) is 11.8 Å². The minimum Gasteiger partial charge on any atom is -0.373 e.